The third kappa shape index (κ3) is 5.09. The Morgan fingerprint density at radius 3 is 2.77 bits per heavy atom. The fourth-order valence-electron chi connectivity index (χ4n) is 3.91. The molecule has 0 unspecified atom stereocenters. The summed E-state index contributed by atoms with van der Waals surface area (Å²) in [5.74, 6) is 2.97. The van der Waals surface area contributed by atoms with Crippen LogP contribution in [0.15, 0.2) is 77.5 Å². The number of benzene rings is 2. The van der Waals surface area contributed by atoms with Gasteiger partial charge in [0.05, 0.1) is 25.4 Å². The number of hydrogen-bond donors (Lipinski definition) is 0. The predicted molar refractivity (Wildman–Crippen MR) is 128 cm³/mol. The van der Waals surface area contributed by atoms with Crippen molar-refractivity contribution in [3.05, 3.63) is 78.1 Å². The van der Waals surface area contributed by atoms with Gasteiger partial charge in [-0.1, -0.05) is 42.5 Å². The second kappa shape index (κ2) is 10.3. The van der Waals surface area contributed by atoms with E-state index in [1.807, 2.05) is 11.8 Å². The second-order valence-electron chi connectivity index (χ2n) is 7.92. The second-order valence-corrected chi connectivity index (χ2v) is 9.09. The van der Waals surface area contributed by atoms with Crippen LogP contribution >= 0.6 is 11.8 Å². The van der Waals surface area contributed by atoms with Crippen molar-refractivity contribution < 1.29 is 9.57 Å². The van der Waals surface area contributed by atoms with Crippen molar-refractivity contribution in [2.24, 2.45) is 0 Å². The fourth-order valence-corrected chi connectivity index (χ4v) is 4.95. The average Bonchev–Trinajstić information content (AvgIpc) is 3.29. The van der Waals surface area contributed by atoms with Crippen LogP contribution < -0.4 is 9.64 Å². The summed E-state index contributed by atoms with van der Waals surface area (Å²) in [5.41, 5.74) is 2.33. The number of nitrogens with zero attached hydrogens (tertiary/aromatic N) is 3. The Morgan fingerprint density at radius 1 is 1.16 bits per heavy atom. The van der Waals surface area contributed by atoms with Crippen molar-refractivity contribution in [2.45, 2.75) is 17.4 Å². The molecule has 0 saturated carbocycles. The number of anilines is 1. The maximum Gasteiger partial charge on any atom is 0.143 e. The number of thioether (sulfide) groups is 1. The number of ether oxygens (including phenoxy) is 1. The first kappa shape index (κ1) is 21.8. The summed E-state index contributed by atoms with van der Waals surface area (Å²) in [6.45, 7) is 2.54. The number of methoxy groups -OCH3 is 1. The summed E-state index contributed by atoms with van der Waals surface area (Å²) in [5, 5.41) is 2.07. The van der Waals surface area contributed by atoms with Crippen molar-refractivity contribution in [2.75, 3.05) is 51.6 Å². The molecule has 0 radical (unpaired) electrons. The number of hydroxylamine groups is 2. The van der Waals surface area contributed by atoms with E-state index < -0.39 is 0 Å². The van der Waals surface area contributed by atoms with Gasteiger partial charge in [-0.25, -0.2) is 5.06 Å². The van der Waals surface area contributed by atoms with E-state index in [1.54, 1.807) is 7.11 Å². The van der Waals surface area contributed by atoms with Crippen LogP contribution in [0.25, 0.3) is 0 Å². The first-order chi connectivity index (χ1) is 15.2. The van der Waals surface area contributed by atoms with E-state index in [1.165, 1.54) is 10.5 Å². The molecule has 164 valence electrons. The molecule has 1 saturated heterocycles. The van der Waals surface area contributed by atoms with Gasteiger partial charge in [-0.05, 0) is 43.9 Å². The highest BCUT2D eigenvalue weighted by molar-refractivity contribution is 7.99. The van der Waals surface area contributed by atoms with Gasteiger partial charge in [0.2, 0.25) is 0 Å². The summed E-state index contributed by atoms with van der Waals surface area (Å²) in [7, 11) is 5.95. The molecule has 6 heteroatoms. The minimum Gasteiger partial charge on any atom is -0.495 e. The number of rotatable bonds is 8. The van der Waals surface area contributed by atoms with E-state index in [2.05, 4.69) is 95.7 Å². The Balaban J connectivity index is 1.58. The SMILES string of the molecule is COc1cc(SCCN(C)C)ccc1N1CC=CC=C1N1OCC[C@@H]1c1ccccc1. The van der Waals surface area contributed by atoms with Crippen LogP contribution in [0.4, 0.5) is 5.69 Å². The van der Waals surface area contributed by atoms with Crippen LogP contribution in [0.3, 0.4) is 0 Å². The minimum absolute atomic E-state index is 0.202. The fraction of sp³-hybridized carbons (Fsp3) is 0.360. The van der Waals surface area contributed by atoms with Gasteiger partial charge in [0.25, 0.3) is 0 Å². The molecule has 2 aliphatic rings. The molecule has 0 aliphatic carbocycles. The van der Waals surface area contributed by atoms with Crippen LogP contribution in [0.2, 0.25) is 0 Å². The van der Waals surface area contributed by atoms with E-state index in [4.69, 9.17) is 9.57 Å². The minimum atomic E-state index is 0.202. The van der Waals surface area contributed by atoms with Gasteiger partial charge in [-0.3, -0.25) is 4.84 Å². The van der Waals surface area contributed by atoms with E-state index in [0.717, 1.165) is 42.5 Å². The molecular weight excluding hydrogens is 406 g/mol. The van der Waals surface area contributed by atoms with Gasteiger partial charge < -0.3 is 14.5 Å². The lowest BCUT2D eigenvalue weighted by Gasteiger charge is -2.37. The average molecular weight is 438 g/mol. The molecule has 2 aliphatic heterocycles. The molecule has 0 amide bonds. The summed E-state index contributed by atoms with van der Waals surface area (Å²) in [4.78, 5) is 11.8. The van der Waals surface area contributed by atoms with Crippen molar-refractivity contribution >= 4 is 17.4 Å². The first-order valence-electron chi connectivity index (χ1n) is 10.7. The lowest BCUT2D eigenvalue weighted by molar-refractivity contribution is -0.104. The molecule has 2 aromatic rings. The van der Waals surface area contributed by atoms with Gasteiger partial charge in [0.1, 0.15) is 11.6 Å². The van der Waals surface area contributed by atoms with Crippen molar-refractivity contribution in [3.63, 3.8) is 0 Å². The Hall–Kier alpha value is -2.41. The third-order valence-electron chi connectivity index (χ3n) is 5.51. The number of allylic oxidation sites excluding steroid dienone is 2. The zero-order chi connectivity index (χ0) is 21.6. The summed E-state index contributed by atoms with van der Waals surface area (Å²) in [6, 6.07) is 17.3. The molecule has 4 rings (SSSR count). The zero-order valence-electron chi connectivity index (χ0n) is 18.5. The largest absolute Gasteiger partial charge is 0.495 e. The highest BCUT2D eigenvalue weighted by Crippen LogP contribution is 2.40. The van der Waals surface area contributed by atoms with E-state index in [-0.39, 0.29) is 6.04 Å². The molecule has 0 spiro atoms. The van der Waals surface area contributed by atoms with Crippen LogP contribution in [0, 0.1) is 0 Å². The first-order valence-corrected chi connectivity index (χ1v) is 11.7. The van der Waals surface area contributed by atoms with Crippen LogP contribution in [0.1, 0.15) is 18.0 Å². The van der Waals surface area contributed by atoms with Crippen molar-refractivity contribution in [1.82, 2.24) is 9.96 Å². The molecule has 0 N–H and O–H groups in total. The van der Waals surface area contributed by atoms with E-state index in [0.29, 0.717) is 6.61 Å². The molecule has 1 atom stereocenters. The van der Waals surface area contributed by atoms with Gasteiger partial charge in [0, 0.05) is 30.2 Å². The highest BCUT2D eigenvalue weighted by atomic mass is 32.2. The maximum absolute atomic E-state index is 6.12. The van der Waals surface area contributed by atoms with Crippen LogP contribution in [-0.2, 0) is 4.84 Å². The highest BCUT2D eigenvalue weighted by Gasteiger charge is 2.33. The molecule has 31 heavy (non-hydrogen) atoms. The molecule has 5 nitrogen and oxygen atoms in total. The Bertz CT molecular complexity index is 930. The van der Waals surface area contributed by atoms with Gasteiger partial charge >= 0.3 is 0 Å². The van der Waals surface area contributed by atoms with Crippen LogP contribution in [0.5, 0.6) is 5.75 Å². The molecule has 2 heterocycles. The standard InChI is InChI=1S/C25H31N3O2S/c1-26(2)16-18-31-21-12-13-23(24(19-21)29-3)27-15-8-7-11-25(27)28-22(14-17-30-28)20-9-5-4-6-10-20/h4-13,19,22H,14-18H2,1-3H3/t22-/m1/s1. The molecule has 0 bridgehead atoms. The normalized spacial score (nSPS) is 18.6. The third-order valence-corrected chi connectivity index (χ3v) is 6.48. The predicted octanol–water partition coefficient (Wildman–Crippen LogP) is 4.95. The molecule has 2 aromatic carbocycles. The van der Waals surface area contributed by atoms with Gasteiger partial charge in [-0.15, -0.1) is 11.8 Å². The Labute approximate surface area is 189 Å². The summed E-state index contributed by atoms with van der Waals surface area (Å²) < 4.78 is 5.81. The quantitative estimate of drug-likeness (QED) is 0.543. The van der Waals surface area contributed by atoms with E-state index in [9.17, 15) is 0 Å². The summed E-state index contributed by atoms with van der Waals surface area (Å²) in [6.07, 6.45) is 7.37. The Kier molecular flexibility index (Phi) is 7.22. The molecular formula is C25H31N3O2S. The lowest BCUT2D eigenvalue weighted by Crippen LogP contribution is -2.36. The smallest absolute Gasteiger partial charge is 0.143 e. The van der Waals surface area contributed by atoms with Crippen molar-refractivity contribution in [3.8, 4) is 5.75 Å². The lowest BCUT2D eigenvalue weighted by atomic mass is 10.0. The molecule has 0 aromatic heterocycles. The van der Waals surface area contributed by atoms with Gasteiger partial charge in [-0.2, -0.15) is 0 Å². The summed E-state index contributed by atoms with van der Waals surface area (Å²) >= 11 is 1.85. The van der Waals surface area contributed by atoms with Crippen molar-refractivity contribution in [1.29, 1.82) is 0 Å². The topological polar surface area (TPSA) is 28.2 Å². The Morgan fingerprint density at radius 2 is 2.00 bits per heavy atom. The maximum atomic E-state index is 6.12. The number of hydrogen-bond acceptors (Lipinski definition) is 6. The molecule has 1 fully saturated rings. The van der Waals surface area contributed by atoms with E-state index >= 15 is 0 Å². The van der Waals surface area contributed by atoms with Crippen LogP contribution in [-0.4, -0.2) is 56.6 Å². The monoisotopic (exact) mass is 437 g/mol. The zero-order valence-corrected chi connectivity index (χ0v) is 19.3. The van der Waals surface area contributed by atoms with Gasteiger partial charge in [0.15, 0.2) is 0 Å².